The average molecular weight is 393 g/mol. The van der Waals surface area contributed by atoms with Gasteiger partial charge in [0, 0.05) is 11.0 Å². The van der Waals surface area contributed by atoms with Crippen molar-refractivity contribution >= 4 is 28.3 Å². The van der Waals surface area contributed by atoms with Crippen LogP contribution in [0.1, 0.15) is 60.7 Å². The summed E-state index contributed by atoms with van der Waals surface area (Å²) in [5, 5.41) is 13.3. The van der Waals surface area contributed by atoms with E-state index in [0.29, 0.717) is 21.9 Å². The van der Waals surface area contributed by atoms with Crippen LogP contribution >= 0.6 is 11.3 Å². The van der Waals surface area contributed by atoms with Gasteiger partial charge in [0.15, 0.2) is 0 Å². The van der Waals surface area contributed by atoms with Crippen molar-refractivity contribution in [1.82, 2.24) is 0 Å². The van der Waals surface area contributed by atoms with E-state index in [1.54, 1.807) is 17.4 Å². The minimum atomic E-state index is -0.193. The Morgan fingerprint density at radius 3 is 2.71 bits per heavy atom. The van der Waals surface area contributed by atoms with Gasteiger partial charge in [-0.05, 0) is 54.7 Å². The molecule has 1 aliphatic rings. The Labute approximate surface area is 172 Å². The van der Waals surface area contributed by atoms with E-state index in [-0.39, 0.29) is 5.91 Å². The second-order valence-electron chi connectivity index (χ2n) is 8.33. The van der Waals surface area contributed by atoms with Crippen molar-refractivity contribution in [1.29, 1.82) is 5.26 Å². The number of aryl methyl sites for hydroxylation is 1. The third kappa shape index (κ3) is 4.36. The monoisotopic (exact) mass is 392 g/mol. The predicted octanol–water partition coefficient (Wildman–Crippen LogP) is 6.12. The van der Waals surface area contributed by atoms with E-state index in [0.717, 1.165) is 36.8 Å². The molecule has 1 unspecified atom stereocenters. The lowest BCUT2D eigenvalue weighted by Crippen LogP contribution is -2.28. The second kappa shape index (κ2) is 8.32. The van der Waals surface area contributed by atoms with Crippen molar-refractivity contribution in [2.24, 2.45) is 11.3 Å². The molecule has 2 aromatic rings. The van der Waals surface area contributed by atoms with Gasteiger partial charge in [-0.25, -0.2) is 0 Å². The van der Waals surface area contributed by atoms with E-state index >= 15 is 0 Å². The zero-order valence-electron chi connectivity index (χ0n) is 17.1. The van der Waals surface area contributed by atoms with Gasteiger partial charge in [0.25, 0.3) is 0 Å². The van der Waals surface area contributed by atoms with Crippen LogP contribution in [0.25, 0.3) is 6.08 Å². The van der Waals surface area contributed by atoms with E-state index in [9.17, 15) is 10.1 Å². The molecule has 28 heavy (non-hydrogen) atoms. The van der Waals surface area contributed by atoms with Crippen molar-refractivity contribution < 1.29 is 4.79 Å². The molecule has 0 fully saturated rings. The molecular formula is C24H28N2OS. The van der Waals surface area contributed by atoms with Gasteiger partial charge < -0.3 is 5.32 Å². The molecule has 0 radical (unpaired) electrons. The summed E-state index contributed by atoms with van der Waals surface area (Å²) in [6, 6.07) is 10.3. The van der Waals surface area contributed by atoms with Crippen molar-refractivity contribution in [3.63, 3.8) is 0 Å². The van der Waals surface area contributed by atoms with Crippen LogP contribution in [0.2, 0.25) is 0 Å². The largest absolute Gasteiger partial charge is 0.313 e. The number of nitrogens with zero attached hydrogens (tertiary/aromatic N) is 1. The van der Waals surface area contributed by atoms with Gasteiger partial charge in [0.05, 0.1) is 5.56 Å². The minimum absolute atomic E-state index is 0.193. The summed E-state index contributed by atoms with van der Waals surface area (Å²) in [6.45, 7) is 8.95. The van der Waals surface area contributed by atoms with Gasteiger partial charge in [0.1, 0.15) is 11.1 Å². The second-order valence-corrected chi connectivity index (χ2v) is 9.44. The van der Waals surface area contributed by atoms with Crippen LogP contribution < -0.4 is 5.32 Å². The Morgan fingerprint density at radius 2 is 2.07 bits per heavy atom. The maximum absolute atomic E-state index is 12.4. The molecule has 0 saturated heterocycles. The summed E-state index contributed by atoms with van der Waals surface area (Å²) < 4.78 is 0. The van der Waals surface area contributed by atoms with Crippen LogP contribution in [0.4, 0.5) is 5.00 Å². The Balaban J connectivity index is 1.76. The lowest BCUT2D eigenvalue weighted by molar-refractivity contribution is -0.111. The first-order valence-electron chi connectivity index (χ1n) is 9.94. The Morgan fingerprint density at radius 1 is 1.36 bits per heavy atom. The van der Waals surface area contributed by atoms with Crippen molar-refractivity contribution in [3.05, 3.63) is 57.5 Å². The van der Waals surface area contributed by atoms with Crippen molar-refractivity contribution in [3.8, 4) is 6.07 Å². The molecule has 3 nitrogen and oxygen atoms in total. The topological polar surface area (TPSA) is 52.9 Å². The molecule has 1 amide bonds. The van der Waals surface area contributed by atoms with Gasteiger partial charge in [-0.1, -0.05) is 57.0 Å². The molecule has 1 aromatic carbocycles. The van der Waals surface area contributed by atoms with Crippen LogP contribution in [0.5, 0.6) is 0 Å². The molecule has 146 valence electrons. The smallest absolute Gasteiger partial charge is 0.249 e. The van der Waals surface area contributed by atoms with E-state index in [1.807, 2.05) is 31.2 Å². The predicted molar refractivity (Wildman–Crippen MR) is 117 cm³/mol. The average Bonchev–Trinajstić information content (AvgIpc) is 3.03. The molecule has 0 aliphatic heterocycles. The summed E-state index contributed by atoms with van der Waals surface area (Å²) in [5.41, 5.74) is 4.28. The number of rotatable bonds is 5. The number of nitriles is 1. The molecule has 1 atom stereocenters. The van der Waals surface area contributed by atoms with Crippen LogP contribution in [0, 0.1) is 29.6 Å². The number of thiophene rings is 1. The fourth-order valence-electron chi connectivity index (χ4n) is 3.75. The van der Waals surface area contributed by atoms with Crippen molar-refractivity contribution in [2.75, 3.05) is 5.32 Å². The van der Waals surface area contributed by atoms with Gasteiger partial charge >= 0.3 is 0 Å². The molecule has 3 rings (SSSR count). The summed E-state index contributed by atoms with van der Waals surface area (Å²) in [4.78, 5) is 13.7. The Hall–Kier alpha value is -2.38. The number of anilines is 1. The first-order valence-corrected chi connectivity index (χ1v) is 10.8. The molecule has 0 saturated carbocycles. The molecule has 1 heterocycles. The highest BCUT2D eigenvalue weighted by atomic mass is 32.1. The number of carbonyl (C=O) groups is 1. The molecule has 1 aliphatic carbocycles. The Bertz CT molecular complexity index is 929. The zero-order chi connectivity index (χ0) is 20.3. The zero-order valence-corrected chi connectivity index (χ0v) is 18.0. The molecule has 0 spiro atoms. The van der Waals surface area contributed by atoms with E-state index in [4.69, 9.17) is 0 Å². The number of amides is 1. The number of benzene rings is 1. The van der Waals surface area contributed by atoms with Crippen LogP contribution in [-0.4, -0.2) is 5.91 Å². The van der Waals surface area contributed by atoms with Gasteiger partial charge in [-0.2, -0.15) is 5.26 Å². The molecule has 1 aromatic heterocycles. The van der Waals surface area contributed by atoms with Crippen LogP contribution in [0.3, 0.4) is 0 Å². The highest BCUT2D eigenvalue weighted by Gasteiger charge is 2.33. The lowest BCUT2D eigenvalue weighted by atomic mass is 9.69. The summed E-state index contributed by atoms with van der Waals surface area (Å²) in [5.74, 6) is 0.432. The van der Waals surface area contributed by atoms with E-state index in [1.165, 1.54) is 16.5 Å². The molecular weight excluding hydrogens is 364 g/mol. The quantitative estimate of drug-likeness (QED) is 0.623. The minimum Gasteiger partial charge on any atom is -0.313 e. The summed E-state index contributed by atoms with van der Waals surface area (Å²) >= 11 is 1.58. The van der Waals surface area contributed by atoms with E-state index in [2.05, 4.69) is 32.2 Å². The third-order valence-electron chi connectivity index (χ3n) is 6.13. The van der Waals surface area contributed by atoms with Gasteiger partial charge in [-0.15, -0.1) is 11.3 Å². The summed E-state index contributed by atoms with van der Waals surface area (Å²) in [7, 11) is 0. The van der Waals surface area contributed by atoms with E-state index < -0.39 is 0 Å². The standard InChI is InChI=1S/C24H28N2OS/c1-5-24(3,4)18-11-12-19-20(15-25)23(28-21(19)14-18)26-22(27)13-10-17-8-6-16(2)7-9-17/h6-10,13,18H,5,11-12,14H2,1-4H3,(H,26,27)/b13-10+. The fraction of sp³-hybridized carbons (Fsp3) is 0.417. The first kappa shape index (κ1) is 20.4. The molecule has 4 heteroatoms. The van der Waals surface area contributed by atoms with Crippen LogP contribution in [-0.2, 0) is 17.6 Å². The lowest BCUT2D eigenvalue weighted by Gasteiger charge is -2.36. The third-order valence-corrected chi connectivity index (χ3v) is 7.30. The van der Waals surface area contributed by atoms with Crippen molar-refractivity contribution in [2.45, 2.75) is 53.4 Å². The SMILES string of the molecule is CCC(C)(C)C1CCc2c(sc(NC(=O)/C=C/c3ccc(C)cc3)c2C#N)C1. The molecule has 0 bridgehead atoms. The molecule has 1 N–H and O–H groups in total. The Kier molecular flexibility index (Phi) is 6.05. The highest BCUT2D eigenvalue weighted by molar-refractivity contribution is 7.16. The summed E-state index contributed by atoms with van der Waals surface area (Å²) in [6.07, 6.45) is 7.53. The van der Waals surface area contributed by atoms with Gasteiger partial charge in [-0.3, -0.25) is 4.79 Å². The highest BCUT2D eigenvalue weighted by Crippen LogP contribution is 2.45. The fourth-order valence-corrected chi connectivity index (χ4v) is 5.03. The maximum atomic E-state index is 12.4. The first-order chi connectivity index (χ1) is 13.3. The normalized spacial score (nSPS) is 16.6. The number of hydrogen-bond donors (Lipinski definition) is 1. The van der Waals surface area contributed by atoms with Gasteiger partial charge in [0.2, 0.25) is 5.91 Å². The number of fused-ring (bicyclic) bond motifs is 1. The number of carbonyl (C=O) groups excluding carboxylic acids is 1. The maximum Gasteiger partial charge on any atom is 0.249 e. The van der Waals surface area contributed by atoms with Crippen LogP contribution in [0.15, 0.2) is 30.3 Å². The number of hydrogen-bond acceptors (Lipinski definition) is 3. The number of nitrogens with one attached hydrogen (secondary N) is 1.